The zero-order valence-corrected chi connectivity index (χ0v) is 11.2. The molecule has 0 bridgehead atoms. The minimum atomic E-state index is 0.900. The predicted octanol–water partition coefficient (Wildman–Crippen LogP) is 3.95. The Labute approximate surface area is 120 Å². The third kappa shape index (κ3) is 1.77. The summed E-state index contributed by atoms with van der Waals surface area (Å²) in [5, 5.41) is 2.07. The summed E-state index contributed by atoms with van der Waals surface area (Å²) in [5.41, 5.74) is 3.03. The van der Waals surface area contributed by atoms with Crippen LogP contribution in [0.3, 0.4) is 0 Å². The minimum absolute atomic E-state index is 0.900. The zero-order valence-electron chi connectivity index (χ0n) is 10.4. The Morgan fingerprint density at radius 3 is 3.05 bits per heavy atom. The summed E-state index contributed by atoms with van der Waals surface area (Å²) in [6.07, 6.45) is 5.63. The largest absolute Gasteiger partial charge is 0.346 e. The summed E-state index contributed by atoms with van der Waals surface area (Å²) in [6, 6.07) is 15.9. The first-order chi connectivity index (χ1) is 9.92. The average molecular weight is 275 g/mol. The lowest BCUT2D eigenvalue weighted by molar-refractivity contribution is 1.33. The molecule has 0 aliphatic rings. The van der Waals surface area contributed by atoms with E-state index in [1.807, 2.05) is 48.9 Å². The summed E-state index contributed by atoms with van der Waals surface area (Å²) in [4.78, 5) is 13.1. The first-order valence-corrected chi connectivity index (χ1v) is 7.00. The number of pyridine rings is 1. The number of hydrogen-bond donors (Lipinski definition) is 1. The van der Waals surface area contributed by atoms with Gasteiger partial charge in [-0.15, -0.1) is 11.3 Å². The van der Waals surface area contributed by atoms with Crippen molar-refractivity contribution in [3.8, 4) is 21.0 Å². The molecule has 3 nitrogen and oxygen atoms in total. The van der Waals surface area contributed by atoms with Crippen LogP contribution in [-0.4, -0.2) is 15.0 Å². The van der Waals surface area contributed by atoms with Crippen LogP contribution in [0, 0.1) is 12.1 Å². The summed E-state index contributed by atoms with van der Waals surface area (Å²) in [5.74, 6) is 0. The third-order valence-electron chi connectivity index (χ3n) is 3.11. The van der Waals surface area contributed by atoms with E-state index in [0.29, 0.717) is 0 Å². The Kier molecular flexibility index (Phi) is 2.51. The quantitative estimate of drug-likeness (QED) is 0.601. The number of aromatic nitrogens is 3. The molecule has 3 aromatic heterocycles. The maximum Gasteiger partial charge on any atom is 0.137 e. The molecule has 0 saturated heterocycles. The van der Waals surface area contributed by atoms with E-state index >= 15 is 0 Å². The molecule has 1 aromatic carbocycles. The van der Waals surface area contributed by atoms with Crippen molar-refractivity contribution in [2.45, 2.75) is 0 Å². The monoisotopic (exact) mass is 275 g/mol. The second-order valence-electron chi connectivity index (χ2n) is 4.34. The standard InChI is InChI=1S/C16H9N3S/c1-2-4-11(5-3-1)16-19-10-14(20-16)12-6-8-17-15-13(12)7-9-18-15/h1-2,4,6-10H,(H,17,18). The number of nitrogens with zero attached hydrogens (tertiary/aromatic N) is 2. The van der Waals surface area contributed by atoms with E-state index in [1.54, 1.807) is 11.3 Å². The van der Waals surface area contributed by atoms with Crippen molar-refractivity contribution in [2.24, 2.45) is 0 Å². The van der Waals surface area contributed by atoms with Crippen molar-refractivity contribution >= 4 is 22.4 Å². The molecule has 3 heterocycles. The highest BCUT2D eigenvalue weighted by Gasteiger charge is 2.10. The number of H-pyrrole nitrogens is 1. The molecule has 0 radical (unpaired) electrons. The SMILES string of the molecule is c1cccc(-c2ncc(-c3ccnc4[nH]ccc34)s2)c#1. The van der Waals surface area contributed by atoms with E-state index in [1.165, 1.54) is 0 Å². The fraction of sp³-hybridized carbons (Fsp3) is 0. The van der Waals surface area contributed by atoms with Gasteiger partial charge in [0.05, 0.1) is 10.4 Å². The van der Waals surface area contributed by atoms with Gasteiger partial charge < -0.3 is 4.98 Å². The lowest BCUT2D eigenvalue weighted by atomic mass is 10.2. The van der Waals surface area contributed by atoms with Crippen LogP contribution >= 0.6 is 11.3 Å². The van der Waals surface area contributed by atoms with Crippen LogP contribution in [0.1, 0.15) is 0 Å². The van der Waals surface area contributed by atoms with Gasteiger partial charge >= 0.3 is 0 Å². The molecular formula is C16H9N3S. The van der Waals surface area contributed by atoms with Gasteiger partial charge in [0.15, 0.2) is 0 Å². The number of rotatable bonds is 2. The fourth-order valence-electron chi connectivity index (χ4n) is 2.18. The van der Waals surface area contributed by atoms with Crippen LogP contribution < -0.4 is 0 Å². The smallest absolute Gasteiger partial charge is 0.137 e. The molecule has 4 heteroatoms. The number of nitrogens with one attached hydrogen (secondary N) is 1. The number of hydrogen-bond acceptors (Lipinski definition) is 3. The Morgan fingerprint density at radius 1 is 1.15 bits per heavy atom. The molecule has 0 amide bonds. The Bertz CT molecular complexity index is 861. The molecule has 0 atom stereocenters. The highest BCUT2D eigenvalue weighted by molar-refractivity contribution is 7.18. The van der Waals surface area contributed by atoms with Gasteiger partial charge in [-0.05, 0) is 24.3 Å². The van der Waals surface area contributed by atoms with E-state index in [9.17, 15) is 0 Å². The van der Waals surface area contributed by atoms with Crippen LogP contribution in [0.2, 0.25) is 0 Å². The molecule has 0 aliphatic heterocycles. The van der Waals surface area contributed by atoms with Crippen LogP contribution in [0.25, 0.3) is 32.0 Å². The molecule has 4 rings (SSSR count). The minimum Gasteiger partial charge on any atom is -0.346 e. The van der Waals surface area contributed by atoms with Crippen LogP contribution in [-0.2, 0) is 0 Å². The van der Waals surface area contributed by atoms with Crippen LogP contribution in [0.5, 0.6) is 0 Å². The molecule has 0 aliphatic carbocycles. The highest BCUT2D eigenvalue weighted by atomic mass is 32.1. The van der Waals surface area contributed by atoms with Gasteiger partial charge in [-0.25, -0.2) is 9.97 Å². The molecule has 0 saturated carbocycles. The normalized spacial score (nSPS) is 10.6. The van der Waals surface area contributed by atoms with Crippen molar-refractivity contribution in [1.29, 1.82) is 0 Å². The lowest BCUT2D eigenvalue weighted by Gasteiger charge is -1.98. The Morgan fingerprint density at radius 2 is 2.15 bits per heavy atom. The van der Waals surface area contributed by atoms with Gasteiger partial charge in [-0.2, -0.15) is 0 Å². The van der Waals surface area contributed by atoms with Crippen molar-refractivity contribution in [3.63, 3.8) is 0 Å². The summed E-state index contributed by atoms with van der Waals surface area (Å²) < 4.78 is 0. The molecule has 1 N–H and O–H groups in total. The summed E-state index contributed by atoms with van der Waals surface area (Å²) in [6.45, 7) is 0. The molecule has 94 valence electrons. The molecule has 0 fully saturated rings. The van der Waals surface area contributed by atoms with E-state index in [-0.39, 0.29) is 0 Å². The third-order valence-corrected chi connectivity index (χ3v) is 4.17. The second kappa shape index (κ2) is 4.48. The van der Waals surface area contributed by atoms with Crippen molar-refractivity contribution in [1.82, 2.24) is 15.0 Å². The summed E-state index contributed by atoms with van der Waals surface area (Å²) in [7, 11) is 0. The highest BCUT2D eigenvalue weighted by Crippen LogP contribution is 2.34. The first-order valence-electron chi connectivity index (χ1n) is 6.19. The Hall–Kier alpha value is -2.64. The maximum absolute atomic E-state index is 4.49. The van der Waals surface area contributed by atoms with Gasteiger partial charge in [0.2, 0.25) is 0 Å². The zero-order chi connectivity index (χ0) is 13.4. The van der Waals surface area contributed by atoms with E-state index in [4.69, 9.17) is 0 Å². The van der Waals surface area contributed by atoms with Gasteiger partial charge in [0.25, 0.3) is 0 Å². The number of aromatic amines is 1. The molecule has 20 heavy (non-hydrogen) atoms. The first kappa shape index (κ1) is 11.2. The van der Waals surface area contributed by atoms with E-state index in [2.05, 4.69) is 27.1 Å². The fourth-order valence-corrected chi connectivity index (χ4v) is 3.11. The van der Waals surface area contributed by atoms with Gasteiger partial charge in [0.1, 0.15) is 10.7 Å². The molecule has 4 aromatic rings. The topological polar surface area (TPSA) is 41.6 Å². The van der Waals surface area contributed by atoms with Crippen molar-refractivity contribution in [2.75, 3.05) is 0 Å². The Balaban J connectivity index is 1.84. The average Bonchev–Trinajstić information content (AvgIpc) is 3.17. The second-order valence-corrected chi connectivity index (χ2v) is 5.37. The molecule has 0 unspecified atom stereocenters. The van der Waals surface area contributed by atoms with Gasteiger partial charge in [-0.1, -0.05) is 18.2 Å². The van der Waals surface area contributed by atoms with Crippen LogP contribution in [0.4, 0.5) is 0 Å². The predicted molar refractivity (Wildman–Crippen MR) is 80.3 cm³/mol. The molecule has 0 spiro atoms. The summed E-state index contributed by atoms with van der Waals surface area (Å²) >= 11 is 1.65. The van der Waals surface area contributed by atoms with Crippen LogP contribution in [0.15, 0.2) is 48.9 Å². The lowest BCUT2D eigenvalue weighted by Crippen LogP contribution is -1.78. The molecular weight excluding hydrogens is 266 g/mol. The van der Waals surface area contributed by atoms with Crippen molar-refractivity contribution < 1.29 is 0 Å². The maximum atomic E-state index is 4.49. The van der Waals surface area contributed by atoms with Gasteiger partial charge in [-0.3, -0.25) is 0 Å². The van der Waals surface area contributed by atoms with Gasteiger partial charge in [0, 0.05) is 29.5 Å². The number of thiazole rings is 1. The number of fused-ring (bicyclic) bond motifs is 1. The van der Waals surface area contributed by atoms with E-state index in [0.717, 1.165) is 32.0 Å². The van der Waals surface area contributed by atoms with Crippen molar-refractivity contribution in [3.05, 3.63) is 61.1 Å². The van der Waals surface area contributed by atoms with E-state index < -0.39 is 0 Å².